The summed E-state index contributed by atoms with van der Waals surface area (Å²) in [5, 5.41) is 23.3. The van der Waals surface area contributed by atoms with Crippen molar-refractivity contribution in [2.24, 2.45) is 0 Å². The molecule has 124 valence electrons. The summed E-state index contributed by atoms with van der Waals surface area (Å²) in [6, 6.07) is 16.7. The second kappa shape index (κ2) is 8.09. The third-order valence-electron chi connectivity index (χ3n) is 3.91. The van der Waals surface area contributed by atoms with Crippen LogP contribution in [0.2, 0.25) is 0 Å². The highest BCUT2D eigenvalue weighted by molar-refractivity contribution is 5.61. The maximum Gasteiger partial charge on any atom is 0.270 e. The Hall–Kier alpha value is -2.91. The molecular formula is C18H20N4O2. The molecule has 0 amide bonds. The zero-order valence-electron chi connectivity index (χ0n) is 13.8. The number of benzene rings is 2. The average molecular weight is 324 g/mol. The molecular weight excluding hydrogens is 304 g/mol. The molecule has 0 saturated carbocycles. The van der Waals surface area contributed by atoms with Crippen LogP contribution in [0.1, 0.15) is 11.1 Å². The summed E-state index contributed by atoms with van der Waals surface area (Å²) >= 11 is 0. The predicted octanol–water partition coefficient (Wildman–Crippen LogP) is 3.05. The van der Waals surface area contributed by atoms with Crippen LogP contribution in [0.25, 0.3) is 0 Å². The van der Waals surface area contributed by atoms with Gasteiger partial charge in [-0.15, -0.1) is 0 Å². The first-order valence-electron chi connectivity index (χ1n) is 7.64. The van der Waals surface area contributed by atoms with E-state index >= 15 is 0 Å². The minimum absolute atomic E-state index is 0.0782. The van der Waals surface area contributed by atoms with E-state index in [4.69, 9.17) is 0 Å². The largest absolute Gasteiger partial charge is 0.382 e. The number of rotatable bonds is 7. The van der Waals surface area contributed by atoms with Crippen molar-refractivity contribution >= 4 is 11.4 Å². The topological polar surface area (TPSA) is 82.2 Å². The summed E-state index contributed by atoms with van der Waals surface area (Å²) in [5.41, 5.74) is 2.05. The molecule has 1 unspecified atom stereocenters. The SMILES string of the molecule is CN(C)C(CNc1ccc([N+](=O)[O-])cc1C#N)Cc1ccccc1. The molecule has 6 nitrogen and oxygen atoms in total. The van der Waals surface area contributed by atoms with Gasteiger partial charge in [0, 0.05) is 24.7 Å². The van der Waals surface area contributed by atoms with Gasteiger partial charge in [-0.05, 0) is 32.1 Å². The third kappa shape index (κ3) is 4.54. The van der Waals surface area contributed by atoms with E-state index in [1.54, 1.807) is 6.07 Å². The van der Waals surface area contributed by atoms with E-state index in [1.165, 1.54) is 17.7 Å². The number of likely N-dealkylation sites (N-methyl/N-ethyl adjacent to an activating group) is 1. The first-order valence-corrected chi connectivity index (χ1v) is 7.64. The molecule has 0 bridgehead atoms. The van der Waals surface area contributed by atoms with Crippen molar-refractivity contribution in [3.05, 3.63) is 69.8 Å². The maximum atomic E-state index is 10.8. The second-order valence-corrected chi connectivity index (χ2v) is 5.79. The number of hydrogen-bond acceptors (Lipinski definition) is 5. The fourth-order valence-corrected chi connectivity index (χ4v) is 2.44. The monoisotopic (exact) mass is 324 g/mol. The summed E-state index contributed by atoms with van der Waals surface area (Å²) in [5.74, 6) is 0. The number of nitrogens with one attached hydrogen (secondary N) is 1. The molecule has 0 radical (unpaired) electrons. The minimum atomic E-state index is -0.497. The van der Waals surface area contributed by atoms with Crippen LogP contribution in [0, 0.1) is 21.4 Å². The van der Waals surface area contributed by atoms with Gasteiger partial charge in [0.05, 0.1) is 16.2 Å². The molecule has 1 N–H and O–H groups in total. The number of anilines is 1. The van der Waals surface area contributed by atoms with Gasteiger partial charge < -0.3 is 10.2 Å². The molecule has 0 fully saturated rings. The fraction of sp³-hybridized carbons (Fsp3) is 0.278. The van der Waals surface area contributed by atoms with Gasteiger partial charge in [0.25, 0.3) is 5.69 Å². The van der Waals surface area contributed by atoms with Gasteiger partial charge >= 0.3 is 0 Å². The third-order valence-corrected chi connectivity index (χ3v) is 3.91. The maximum absolute atomic E-state index is 10.8. The Morgan fingerprint density at radius 3 is 2.54 bits per heavy atom. The predicted molar refractivity (Wildman–Crippen MR) is 93.9 cm³/mol. The summed E-state index contributed by atoms with van der Waals surface area (Å²) < 4.78 is 0. The zero-order valence-corrected chi connectivity index (χ0v) is 13.8. The van der Waals surface area contributed by atoms with Crippen molar-refractivity contribution in [1.29, 1.82) is 5.26 Å². The zero-order chi connectivity index (χ0) is 17.5. The van der Waals surface area contributed by atoms with E-state index in [0.29, 0.717) is 12.2 Å². The Kier molecular flexibility index (Phi) is 5.88. The molecule has 24 heavy (non-hydrogen) atoms. The van der Waals surface area contributed by atoms with Crippen LogP contribution in [0.5, 0.6) is 0 Å². The highest BCUT2D eigenvalue weighted by Crippen LogP contribution is 2.21. The summed E-state index contributed by atoms with van der Waals surface area (Å²) in [6.45, 7) is 0.633. The van der Waals surface area contributed by atoms with Gasteiger partial charge in [0.2, 0.25) is 0 Å². The van der Waals surface area contributed by atoms with Gasteiger partial charge in [0.1, 0.15) is 6.07 Å². The van der Waals surface area contributed by atoms with Crippen molar-refractivity contribution in [2.75, 3.05) is 26.0 Å². The minimum Gasteiger partial charge on any atom is -0.382 e. The van der Waals surface area contributed by atoms with Crippen LogP contribution >= 0.6 is 0 Å². The Morgan fingerprint density at radius 1 is 1.25 bits per heavy atom. The number of non-ortho nitro benzene ring substituents is 1. The summed E-state index contributed by atoms with van der Waals surface area (Å²) in [4.78, 5) is 12.4. The molecule has 0 heterocycles. The van der Waals surface area contributed by atoms with E-state index in [1.807, 2.05) is 38.4 Å². The van der Waals surface area contributed by atoms with E-state index in [9.17, 15) is 15.4 Å². The number of nitriles is 1. The van der Waals surface area contributed by atoms with E-state index in [2.05, 4.69) is 22.3 Å². The molecule has 2 rings (SSSR count). The van der Waals surface area contributed by atoms with E-state index in [-0.39, 0.29) is 17.3 Å². The fourth-order valence-electron chi connectivity index (χ4n) is 2.44. The first-order chi connectivity index (χ1) is 11.5. The van der Waals surface area contributed by atoms with Gasteiger partial charge in [-0.3, -0.25) is 10.1 Å². The Labute approximate surface area is 141 Å². The molecule has 0 aromatic heterocycles. The number of nitrogens with zero attached hydrogens (tertiary/aromatic N) is 3. The van der Waals surface area contributed by atoms with Gasteiger partial charge in [0.15, 0.2) is 0 Å². The van der Waals surface area contributed by atoms with Crippen LogP contribution in [-0.4, -0.2) is 36.5 Å². The van der Waals surface area contributed by atoms with Crippen molar-refractivity contribution < 1.29 is 4.92 Å². The van der Waals surface area contributed by atoms with Crippen molar-refractivity contribution in [3.8, 4) is 6.07 Å². The Bertz CT molecular complexity index is 738. The average Bonchev–Trinajstić information content (AvgIpc) is 2.59. The van der Waals surface area contributed by atoms with Gasteiger partial charge in [-0.1, -0.05) is 30.3 Å². The smallest absolute Gasteiger partial charge is 0.270 e. The lowest BCUT2D eigenvalue weighted by Crippen LogP contribution is -2.36. The molecule has 2 aromatic carbocycles. The quantitative estimate of drug-likeness (QED) is 0.625. The van der Waals surface area contributed by atoms with Gasteiger partial charge in [-0.2, -0.15) is 5.26 Å². The number of nitro benzene ring substituents is 1. The first kappa shape index (κ1) is 17.4. The molecule has 1 atom stereocenters. The normalized spacial score (nSPS) is 11.8. The van der Waals surface area contributed by atoms with Crippen molar-refractivity contribution in [3.63, 3.8) is 0 Å². The highest BCUT2D eigenvalue weighted by atomic mass is 16.6. The number of hydrogen-bond donors (Lipinski definition) is 1. The van der Waals surface area contributed by atoms with Crippen LogP contribution in [0.4, 0.5) is 11.4 Å². The van der Waals surface area contributed by atoms with Crippen LogP contribution in [0.15, 0.2) is 48.5 Å². The van der Waals surface area contributed by atoms with Crippen LogP contribution in [0.3, 0.4) is 0 Å². The van der Waals surface area contributed by atoms with E-state index < -0.39 is 4.92 Å². The van der Waals surface area contributed by atoms with Crippen LogP contribution in [-0.2, 0) is 6.42 Å². The molecule has 0 aliphatic carbocycles. The number of nitro groups is 1. The lowest BCUT2D eigenvalue weighted by molar-refractivity contribution is -0.384. The second-order valence-electron chi connectivity index (χ2n) is 5.79. The van der Waals surface area contributed by atoms with Crippen molar-refractivity contribution in [2.45, 2.75) is 12.5 Å². The van der Waals surface area contributed by atoms with E-state index in [0.717, 1.165) is 6.42 Å². The lowest BCUT2D eigenvalue weighted by Gasteiger charge is -2.25. The Balaban J connectivity index is 2.09. The molecule has 0 aliphatic heterocycles. The molecule has 2 aromatic rings. The molecule has 6 heteroatoms. The van der Waals surface area contributed by atoms with Crippen molar-refractivity contribution in [1.82, 2.24) is 4.90 Å². The van der Waals surface area contributed by atoms with Crippen LogP contribution < -0.4 is 5.32 Å². The van der Waals surface area contributed by atoms with Gasteiger partial charge in [-0.25, -0.2) is 0 Å². The highest BCUT2D eigenvalue weighted by Gasteiger charge is 2.15. The molecule has 0 aliphatic rings. The summed E-state index contributed by atoms with van der Waals surface area (Å²) in [7, 11) is 4.02. The lowest BCUT2D eigenvalue weighted by atomic mass is 10.0. The standard InChI is InChI=1S/C18H20N4O2/c1-21(2)17(10-14-6-4-3-5-7-14)13-20-18-9-8-16(22(23)24)11-15(18)12-19/h3-9,11,17,20H,10,13H2,1-2H3. The Morgan fingerprint density at radius 2 is 1.96 bits per heavy atom. The summed E-state index contributed by atoms with van der Waals surface area (Å²) in [6.07, 6.45) is 0.871. The molecule has 0 saturated heterocycles. The molecule has 0 spiro atoms.